The third-order valence-electron chi connectivity index (χ3n) is 5.18. The van der Waals surface area contributed by atoms with E-state index in [1.165, 1.54) is 12.1 Å². The number of urea groups is 1. The number of rotatable bonds is 6. The lowest BCUT2D eigenvalue weighted by Crippen LogP contribution is -2.47. The van der Waals surface area contributed by atoms with Crippen molar-refractivity contribution in [3.05, 3.63) is 52.9 Å². The number of likely N-dealkylation sites (tertiary alicyclic amines) is 1. The molecule has 0 spiro atoms. The zero-order valence-electron chi connectivity index (χ0n) is 17.1. The molecule has 0 radical (unpaired) electrons. The highest BCUT2D eigenvalue weighted by molar-refractivity contribution is 5.74. The van der Waals surface area contributed by atoms with Crippen molar-refractivity contribution in [1.29, 1.82) is 0 Å². The lowest BCUT2D eigenvalue weighted by molar-refractivity contribution is -0.137. The van der Waals surface area contributed by atoms with E-state index in [9.17, 15) is 18.0 Å². The Labute approximate surface area is 173 Å². The smallest absolute Gasteiger partial charge is 0.359 e. The number of piperidine rings is 1. The van der Waals surface area contributed by atoms with E-state index in [4.69, 9.17) is 4.52 Å². The van der Waals surface area contributed by atoms with Crippen LogP contribution >= 0.6 is 0 Å². The van der Waals surface area contributed by atoms with Crippen LogP contribution in [0.3, 0.4) is 0 Å². The number of alkyl halides is 3. The molecule has 0 atom stereocenters. The van der Waals surface area contributed by atoms with Gasteiger partial charge in [-0.1, -0.05) is 37.2 Å². The highest BCUT2D eigenvalue weighted by Crippen LogP contribution is 2.30. The van der Waals surface area contributed by atoms with E-state index in [2.05, 4.69) is 20.7 Å². The molecule has 2 N–H and O–H groups in total. The fraction of sp³-hybridized carbons (Fsp3) is 0.524. The predicted molar refractivity (Wildman–Crippen MR) is 106 cm³/mol. The number of nitrogens with zero attached hydrogens (tertiary/aromatic N) is 2. The number of nitrogens with one attached hydrogen (secondary N) is 2. The van der Waals surface area contributed by atoms with Crippen molar-refractivity contribution >= 4 is 6.03 Å². The van der Waals surface area contributed by atoms with Gasteiger partial charge in [-0.05, 0) is 30.4 Å². The molecule has 0 saturated carbocycles. The standard InChI is InChI=1S/C21H27F3N4O2/c1-14(2)19-11-18(30-27-19)12-25-20(29)26-17-6-8-28(9-7-17)13-15-4-3-5-16(10-15)21(22,23)24/h3-5,10-11,14,17H,6-9,12-13H2,1-2H3,(H2,25,26,29). The number of aromatic nitrogens is 1. The van der Waals surface area contributed by atoms with Crippen LogP contribution in [-0.2, 0) is 19.3 Å². The average Bonchev–Trinajstić information content (AvgIpc) is 3.17. The third-order valence-corrected chi connectivity index (χ3v) is 5.18. The summed E-state index contributed by atoms with van der Waals surface area (Å²) in [5.41, 5.74) is 0.864. The fourth-order valence-corrected chi connectivity index (χ4v) is 3.43. The summed E-state index contributed by atoms with van der Waals surface area (Å²) < 4.78 is 43.8. The van der Waals surface area contributed by atoms with Crippen molar-refractivity contribution in [1.82, 2.24) is 20.7 Å². The Morgan fingerprint density at radius 2 is 2.00 bits per heavy atom. The van der Waals surface area contributed by atoms with Crippen molar-refractivity contribution in [3.63, 3.8) is 0 Å². The molecule has 164 valence electrons. The summed E-state index contributed by atoms with van der Waals surface area (Å²) >= 11 is 0. The van der Waals surface area contributed by atoms with Crippen molar-refractivity contribution in [2.75, 3.05) is 13.1 Å². The second-order valence-corrected chi connectivity index (χ2v) is 7.95. The molecule has 1 aliphatic heterocycles. The minimum atomic E-state index is -4.33. The van der Waals surface area contributed by atoms with E-state index in [1.54, 1.807) is 6.07 Å². The van der Waals surface area contributed by atoms with Crippen molar-refractivity contribution in [2.45, 2.75) is 57.9 Å². The van der Waals surface area contributed by atoms with E-state index < -0.39 is 11.7 Å². The second-order valence-electron chi connectivity index (χ2n) is 7.95. The lowest BCUT2D eigenvalue weighted by atomic mass is 10.0. The molecule has 1 aromatic carbocycles. The van der Waals surface area contributed by atoms with Gasteiger partial charge in [0.25, 0.3) is 0 Å². The summed E-state index contributed by atoms with van der Waals surface area (Å²) in [6.45, 7) is 6.18. The number of carbonyl (C=O) groups excluding carboxylic acids is 1. The largest absolute Gasteiger partial charge is 0.416 e. The summed E-state index contributed by atoms with van der Waals surface area (Å²) in [5, 5.41) is 9.67. The molecule has 1 saturated heterocycles. The molecule has 9 heteroatoms. The molecule has 30 heavy (non-hydrogen) atoms. The molecule has 0 bridgehead atoms. The Kier molecular flexibility index (Phi) is 7.02. The van der Waals surface area contributed by atoms with Crippen LogP contribution in [0, 0.1) is 0 Å². The zero-order chi connectivity index (χ0) is 21.7. The van der Waals surface area contributed by atoms with Crippen LogP contribution in [0.1, 0.15) is 55.2 Å². The number of amides is 2. The van der Waals surface area contributed by atoms with Crippen LogP contribution in [0.15, 0.2) is 34.9 Å². The van der Waals surface area contributed by atoms with E-state index in [-0.39, 0.29) is 24.5 Å². The van der Waals surface area contributed by atoms with Gasteiger partial charge in [-0.3, -0.25) is 4.90 Å². The van der Waals surface area contributed by atoms with Gasteiger partial charge >= 0.3 is 12.2 Å². The number of benzene rings is 1. The minimum Gasteiger partial charge on any atom is -0.359 e. The number of hydrogen-bond acceptors (Lipinski definition) is 4. The van der Waals surface area contributed by atoms with E-state index in [0.717, 1.165) is 24.6 Å². The Bertz CT molecular complexity index is 843. The summed E-state index contributed by atoms with van der Waals surface area (Å²) in [7, 11) is 0. The van der Waals surface area contributed by atoms with Crippen LogP contribution < -0.4 is 10.6 Å². The maximum atomic E-state index is 12.9. The Balaban J connectivity index is 1.40. The first-order valence-electron chi connectivity index (χ1n) is 10.1. The van der Waals surface area contributed by atoms with Crippen LogP contribution in [0.5, 0.6) is 0 Å². The molecule has 1 aromatic heterocycles. The van der Waals surface area contributed by atoms with Crippen molar-refractivity contribution < 1.29 is 22.5 Å². The van der Waals surface area contributed by atoms with Gasteiger partial charge in [0.15, 0.2) is 5.76 Å². The SMILES string of the molecule is CC(C)c1cc(CNC(=O)NC2CCN(Cc3cccc(C(F)(F)F)c3)CC2)on1. The number of halogens is 3. The van der Waals surface area contributed by atoms with Crippen molar-refractivity contribution in [2.24, 2.45) is 0 Å². The summed E-state index contributed by atoms with van der Waals surface area (Å²) in [6, 6.07) is 7.03. The zero-order valence-corrected chi connectivity index (χ0v) is 17.1. The summed E-state index contributed by atoms with van der Waals surface area (Å²) in [4.78, 5) is 14.2. The van der Waals surface area contributed by atoms with Gasteiger partial charge in [0, 0.05) is 31.7 Å². The van der Waals surface area contributed by atoms with Crippen molar-refractivity contribution in [3.8, 4) is 0 Å². The number of hydrogen-bond donors (Lipinski definition) is 2. The first-order valence-corrected chi connectivity index (χ1v) is 10.1. The molecule has 2 aromatic rings. The van der Waals surface area contributed by atoms with Gasteiger partial charge in [0.2, 0.25) is 0 Å². The molecule has 1 fully saturated rings. The predicted octanol–water partition coefficient (Wildman–Crippen LogP) is 4.28. The third kappa shape index (κ3) is 6.22. The van der Waals surface area contributed by atoms with Crippen LogP contribution in [0.25, 0.3) is 0 Å². The highest BCUT2D eigenvalue weighted by atomic mass is 19.4. The van der Waals surface area contributed by atoms with Gasteiger partial charge in [-0.15, -0.1) is 0 Å². The van der Waals surface area contributed by atoms with Gasteiger partial charge in [0.1, 0.15) is 0 Å². The quantitative estimate of drug-likeness (QED) is 0.726. The van der Waals surface area contributed by atoms with E-state index in [1.807, 2.05) is 19.9 Å². The maximum Gasteiger partial charge on any atom is 0.416 e. The first-order chi connectivity index (χ1) is 14.2. The Morgan fingerprint density at radius 1 is 1.27 bits per heavy atom. The molecular formula is C21H27F3N4O2. The van der Waals surface area contributed by atoms with E-state index in [0.29, 0.717) is 31.0 Å². The topological polar surface area (TPSA) is 70.4 Å². The molecule has 1 aliphatic rings. The highest BCUT2D eigenvalue weighted by Gasteiger charge is 2.30. The number of carbonyl (C=O) groups is 1. The van der Waals surface area contributed by atoms with Crippen LogP contribution in [0.4, 0.5) is 18.0 Å². The fourth-order valence-electron chi connectivity index (χ4n) is 3.43. The Morgan fingerprint density at radius 3 is 2.63 bits per heavy atom. The van der Waals surface area contributed by atoms with Gasteiger partial charge in [-0.2, -0.15) is 13.2 Å². The first kappa shape index (κ1) is 22.1. The Hall–Kier alpha value is -2.55. The van der Waals surface area contributed by atoms with Gasteiger partial charge < -0.3 is 15.2 Å². The van der Waals surface area contributed by atoms with Crippen LogP contribution in [-0.4, -0.2) is 35.2 Å². The average molecular weight is 424 g/mol. The molecule has 0 aliphatic carbocycles. The lowest BCUT2D eigenvalue weighted by Gasteiger charge is -2.32. The minimum absolute atomic E-state index is 0.0312. The van der Waals surface area contributed by atoms with Gasteiger partial charge in [0.05, 0.1) is 17.8 Å². The van der Waals surface area contributed by atoms with E-state index >= 15 is 0 Å². The summed E-state index contributed by atoms with van der Waals surface area (Å²) in [5.74, 6) is 0.863. The molecule has 3 rings (SSSR count). The molecule has 6 nitrogen and oxygen atoms in total. The molecular weight excluding hydrogens is 397 g/mol. The monoisotopic (exact) mass is 424 g/mol. The molecule has 0 unspecified atom stereocenters. The van der Waals surface area contributed by atoms with Crippen LogP contribution in [0.2, 0.25) is 0 Å². The molecule has 2 amide bonds. The molecule has 2 heterocycles. The maximum absolute atomic E-state index is 12.9. The normalized spacial score (nSPS) is 16.1. The summed E-state index contributed by atoms with van der Waals surface area (Å²) in [6.07, 6.45) is -2.85. The van der Waals surface area contributed by atoms with Gasteiger partial charge in [-0.25, -0.2) is 4.79 Å². The second kappa shape index (κ2) is 9.51.